The van der Waals surface area contributed by atoms with Crippen molar-refractivity contribution in [3.63, 3.8) is 0 Å². The second-order valence-electron chi connectivity index (χ2n) is 6.88. The molecule has 0 saturated carbocycles. The molecule has 0 heterocycles. The van der Waals surface area contributed by atoms with E-state index in [9.17, 15) is 14.0 Å². The van der Waals surface area contributed by atoms with Crippen LogP contribution < -0.4 is 20.3 Å². The summed E-state index contributed by atoms with van der Waals surface area (Å²) < 4.78 is 18.9. The van der Waals surface area contributed by atoms with Gasteiger partial charge >= 0.3 is 6.03 Å². The molecule has 166 valence electrons. The SMILES string of the molecule is COc1ccc(N(CCCNC(=O)c2ccccc2F)C(=O)Nc2cccc(Cl)c2)cc1. The first-order valence-electron chi connectivity index (χ1n) is 9.99. The van der Waals surface area contributed by atoms with Gasteiger partial charge in [0.2, 0.25) is 0 Å². The number of halogens is 2. The molecule has 0 aromatic heterocycles. The van der Waals surface area contributed by atoms with Gasteiger partial charge in [-0.1, -0.05) is 29.8 Å². The van der Waals surface area contributed by atoms with Crippen LogP contribution >= 0.6 is 11.6 Å². The van der Waals surface area contributed by atoms with Gasteiger partial charge in [-0.25, -0.2) is 9.18 Å². The number of anilines is 2. The van der Waals surface area contributed by atoms with E-state index in [1.165, 1.54) is 18.2 Å². The average molecular weight is 456 g/mol. The smallest absolute Gasteiger partial charge is 0.326 e. The predicted octanol–water partition coefficient (Wildman–Crippen LogP) is 5.35. The summed E-state index contributed by atoms with van der Waals surface area (Å²) in [6.07, 6.45) is 0.454. The minimum atomic E-state index is -0.578. The molecular formula is C24H23ClFN3O3. The van der Waals surface area contributed by atoms with Gasteiger partial charge < -0.3 is 15.4 Å². The van der Waals surface area contributed by atoms with Crippen LogP contribution in [0.3, 0.4) is 0 Å². The second kappa shape index (κ2) is 11.2. The number of hydrogen-bond donors (Lipinski definition) is 2. The molecule has 0 aliphatic carbocycles. The summed E-state index contributed by atoms with van der Waals surface area (Å²) in [5.74, 6) is -0.408. The summed E-state index contributed by atoms with van der Waals surface area (Å²) in [7, 11) is 1.57. The third kappa shape index (κ3) is 6.21. The van der Waals surface area contributed by atoms with Crippen LogP contribution in [0.15, 0.2) is 72.8 Å². The summed E-state index contributed by atoms with van der Waals surface area (Å²) in [6.45, 7) is 0.584. The van der Waals surface area contributed by atoms with Gasteiger partial charge in [-0.2, -0.15) is 0 Å². The van der Waals surface area contributed by atoms with Crippen molar-refractivity contribution in [3.05, 3.63) is 89.2 Å². The van der Waals surface area contributed by atoms with Crippen LogP contribution in [0.5, 0.6) is 5.75 Å². The molecule has 0 aliphatic rings. The lowest BCUT2D eigenvalue weighted by atomic mass is 10.2. The van der Waals surface area contributed by atoms with E-state index in [0.717, 1.165) is 0 Å². The zero-order valence-corrected chi connectivity index (χ0v) is 18.2. The average Bonchev–Trinajstić information content (AvgIpc) is 2.79. The third-order valence-corrected chi connectivity index (χ3v) is 4.90. The maximum Gasteiger partial charge on any atom is 0.326 e. The maximum absolute atomic E-state index is 13.8. The molecule has 0 fully saturated rings. The Morgan fingerprint density at radius 2 is 1.78 bits per heavy atom. The molecule has 32 heavy (non-hydrogen) atoms. The van der Waals surface area contributed by atoms with Crippen LogP contribution in [-0.4, -0.2) is 32.1 Å². The molecule has 0 spiro atoms. The molecule has 3 rings (SSSR count). The van der Waals surface area contributed by atoms with Gasteiger partial charge in [0.1, 0.15) is 11.6 Å². The summed E-state index contributed by atoms with van der Waals surface area (Å²) in [4.78, 5) is 26.7. The van der Waals surface area contributed by atoms with Crippen molar-refractivity contribution in [2.45, 2.75) is 6.42 Å². The van der Waals surface area contributed by atoms with Gasteiger partial charge in [0.15, 0.2) is 0 Å². The van der Waals surface area contributed by atoms with Gasteiger partial charge in [-0.15, -0.1) is 0 Å². The molecule has 0 unspecified atom stereocenters. The van der Waals surface area contributed by atoms with E-state index in [0.29, 0.717) is 35.1 Å². The maximum atomic E-state index is 13.8. The van der Waals surface area contributed by atoms with Crippen molar-refractivity contribution in [1.29, 1.82) is 0 Å². The Hall–Kier alpha value is -3.58. The molecular weight excluding hydrogens is 433 g/mol. The number of ether oxygens (including phenoxy) is 1. The first-order chi connectivity index (χ1) is 15.5. The molecule has 3 amide bonds. The third-order valence-electron chi connectivity index (χ3n) is 4.67. The minimum Gasteiger partial charge on any atom is -0.497 e. The summed E-state index contributed by atoms with van der Waals surface area (Å²) in [5, 5.41) is 6.02. The summed E-state index contributed by atoms with van der Waals surface area (Å²) >= 11 is 6.01. The topological polar surface area (TPSA) is 70.7 Å². The van der Waals surface area contributed by atoms with Crippen LogP contribution in [0.4, 0.5) is 20.6 Å². The van der Waals surface area contributed by atoms with Crippen molar-refractivity contribution in [1.82, 2.24) is 5.32 Å². The molecule has 3 aromatic rings. The highest BCUT2D eigenvalue weighted by Crippen LogP contribution is 2.22. The van der Waals surface area contributed by atoms with E-state index >= 15 is 0 Å². The Balaban J connectivity index is 1.66. The molecule has 0 atom stereocenters. The van der Waals surface area contributed by atoms with Crippen LogP contribution in [0.2, 0.25) is 5.02 Å². The fraction of sp³-hybridized carbons (Fsp3) is 0.167. The fourth-order valence-corrected chi connectivity index (χ4v) is 3.24. The zero-order chi connectivity index (χ0) is 22.9. The van der Waals surface area contributed by atoms with Crippen molar-refractivity contribution in [3.8, 4) is 5.75 Å². The Morgan fingerprint density at radius 3 is 2.47 bits per heavy atom. The summed E-state index contributed by atoms with van der Waals surface area (Å²) in [6, 6.07) is 19.4. The molecule has 6 nitrogen and oxygen atoms in total. The molecule has 0 radical (unpaired) electrons. The molecule has 0 bridgehead atoms. The molecule has 0 aliphatic heterocycles. The molecule has 0 saturated heterocycles. The number of carbonyl (C=O) groups excluding carboxylic acids is 2. The van der Waals surface area contributed by atoms with E-state index in [-0.39, 0.29) is 18.1 Å². The molecule has 8 heteroatoms. The van der Waals surface area contributed by atoms with Crippen molar-refractivity contribution < 1.29 is 18.7 Å². The number of nitrogens with one attached hydrogen (secondary N) is 2. The number of amides is 3. The first kappa shape index (κ1) is 23.1. The van der Waals surface area contributed by atoms with E-state index in [2.05, 4.69) is 10.6 Å². The van der Waals surface area contributed by atoms with E-state index in [1.54, 1.807) is 66.6 Å². The number of carbonyl (C=O) groups is 2. The Kier molecular flexibility index (Phi) is 8.05. The lowest BCUT2D eigenvalue weighted by Crippen LogP contribution is -2.37. The van der Waals surface area contributed by atoms with Gasteiger partial charge in [0.25, 0.3) is 5.91 Å². The first-order valence-corrected chi connectivity index (χ1v) is 10.4. The largest absolute Gasteiger partial charge is 0.497 e. The highest BCUT2D eigenvalue weighted by atomic mass is 35.5. The number of rotatable bonds is 8. The molecule has 3 aromatic carbocycles. The molecule has 2 N–H and O–H groups in total. The van der Waals surface area contributed by atoms with Crippen LogP contribution in [-0.2, 0) is 0 Å². The van der Waals surface area contributed by atoms with Crippen LogP contribution in [0.25, 0.3) is 0 Å². The number of methoxy groups -OCH3 is 1. The lowest BCUT2D eigenvalue weighted by molar-refractivity contribution is 0.0949. The standard InChI is InChI=1S/C24H23ClFN3O3/c1-32-20-12-10-19(11-13-20)29(24(31)28-18-7-4-6-17(25)16-18)15-5-14-27-23(30)21-8-2-3-9-22(21)26/h2-4,6-13,16H,5,14-15H2,1H3,(H,27,30)(H,28,31). The van der Waals surface area contributed by atoms with E-state index in [1.807, 2.05) is 0 Å². The highest BCUT2D eigenvalue weighted by Gasteiger charge is 2.17. The van der Waals surface area contributed by atoms with Gasteiger partial charge in [-0.05, 0) is 61.0 Å². The van der Waals surface area contributed by atoms with Crippen LogP contribution in [0.1, 0.15) is 16.8 Å². The monoisotopic (exact) mass is 455 g/mol. The van der Waals surface area contributed by atoms with Gasteiger partial charge in [0, 0.05) is 29.5 Å². The predicted molar refractivity (Wildman–Crippen MR) is 124 cm³/mol. The fourth-order valence-electron chi connectivity index (χ4n) is 3.05. The Labute approximate surface area is 191 Å². The number of benzene rings is 3. The van der Waals surface area contributed by atoms with Crippen molar-refractivity contribution in [2.24, 2.45) is 0 Å². The summed E-state index contributed by atoms with van der Waals surface area (Å²) in [5.41, 5.74) is 1.21. The second-order valence-corrected chi connectivity index (χ2v) is 7.32. The number of urea groups is 1. The van der Waals surface area contributed by atoms with E-state index in [4.69, 9.17) is 16.3 Å². The minimum absolute atomic E-state index is 0.0155. The highest BCUT2D eigenvalue weighted by molar-refractivity contribution is 6.30. The normalized spacial score (nSPS) is 10.3. The Bertz CT molecular complexity index is 1080. The van der Waals surface area contributed by atoms with Crippen molar-refractivity contribution >= 4 is 34.9 Å². The van der Waals surface area contributed by atoms with Gasteiger partial charge in [0.05, 0.1) is 12.7 Å². The van der Waals surface area contributed by atoms with Crippen LogP contribution in [0, 0.1) is 5.82 Å². The van der Waals surface area contributed by atoms with E-state index < -0.39 is 11.7 Å². The Morgan fingerprint density at radius 1 is 1.03 bits per heavy atom. The number of hydrogen-bond acceptors (Lipinski definition) is 3. The van der Waals surface area contributed by atoms with Crippen molar-refractivity contribution in [2.75, 3.05) is 30.4 Å². The van der Waals surface area contributed by atoms with Gasteiger partial charge in [-0.3, -0.25) is 9.69 Å². The lowest BCUT2D eigenvalue weighted by Gasteiger charge is -2.24. The number of nitrogens with zero attached hydrogens (tertiary/aromatic N) is 1. The quantitative estimate of drug-likeness (QED) is 0.450. The zero-order valence-electron chi connectivity index (χ0n) is 17.5.